The molecule has 0 aromatic heterocycles. The van der Waals surface area contributed by atoms with Crippen molar-refractivity contribution in [2.75, 3.05) is 11.9 Å². The average molecular weight is 535 g/mol. The van der Waals surface area contributed by atoms with Crippen molar-refractivity contribution in [3.8, 4) is 5.75 Å². The van der Waals surface area contributed by atoms with Crippen molar-refractivity contribution in [2.24, 2.45) is 5.10 Å². The number of nitrogens with zero attached hydrogens (tertiary/aromatic N) is 1. The summed E-state index contributed by atoms with van der Waals surface area (Å²) < 4.78 is 1.72. The molecule has 2 aromatic carbocycles. The Bertz CT molecular complexity index is 731. The van der Waals surface area contributed by atoms with Crippen LogP contribution in [0.15, 0.2) is 41.5 Å². The molecule has 0 unspecified atom stereocenters. The van der Waals surface area contributed by atoms with Gasteiger partial charge in [-0.2, -0.15) is 5.10 Å². The second kappa shape index (κ2) is 8.48. The predicted molar refractivity (Wildman–Crippen MR) is 109 cm³/mol. The molecule has 0 bridgehead atoms. The zero-order valence-corrected chi connectivity index (χ0v) is 16.6. The van der Waals surface area contributed by atoms with E-state index in [1.165, 1.54) is 6.21 Å². The van der Waals surface area contributed by atoms with Gasteiger partial charge in [0, 0.05) is 14.8 Å². The van der Waals surface area contributed by atoms with Gasteiger partial charge in [-0.15, -0.1) is 0 Å². The Labute approximate surface area is 161 Å². The van der Waals surface area contributed by atoms with E-state index in [9.17, 15) is 9.90 Å². The van der Waals surface area contributed by atoms with Gasteiger partial charge in [-0.05, 0) is 76.4 Å². The normalized spacial score (nSPS) is 10.7. The molecule has 7 heteroatoms. The largest absolute Gasteiger partial charge is 0.506 e. The molecule has 0 fully saturated rings. The molecule has 0 aliphatic rings. The quantitative estimate of drug-likeness (QED) is 0.312. The monoisotopic (exact) mass is 535 g/mol. The lowest BCUT2D eigenvalue weighted by Gasteiger charge is -2.06. The molecule has 120 valence electrons. The minimum Gasteiger partial charge on any atom is -0.506 e. The first kappa shape index (κ1) is 18.0. The molecule has 2 aromatic rings. The maximum atomic E-state index is 11.7. The van der Waals surface area contributed by atoms with Gasteiger partial charge in [0.25, 0.3) is 5.91 Å². The van der Waals surface area contributed by atoms with Crippen LogP contribution in [0.4, 0.5) is 5.69 Å². The molecule has 0 aliphatic carbocycles. The average Bonchev–Trinajstić information content (AvgIpc) is 2.51. The van der Waals surface area contributed by atoms with Crippen molar-refractivity contribution in [3.05, 3.63) is 54.7 Å². The molecule has 0 radical (unpaired) electrons. The Morgan fingerprint density at radius 3 is 2.65 bits per heavy atom. The molecule has 5 nitrogen and oxygen atoms in total. The number of hydrogen-bond acceptors (Lipinski definition) is 4. The third-order valence-electron chi connectivity index (χ3n) is 2.96. The van der Waals surface area contributed by atoms with Crippen LogP contribution in [0.2, 0.25) is 0 Å². The van der Waals surface area contributed by atoms with Gasteiger partial charge in [0.05, 0.1) is 16.3 Å². The molecule has 0 heterocycles. The molecular weight excluding hydrogens is 520 g/mol. The summed E-state index contributed by atoms with van der Waals surface area (Å²) in [6.45, 7) is 2.13. The Morgan fingerprint density at radius 2 is 1.96 bits per heavy atom. The minimum atomic E-state index is -0.262. The van der Waals surface area contributed by atoms with Crippen LogP contribution in [-0.4, -0.2) is 23.8 Å². The third kappa shape index (κ3) is 5.65. The van der Waals surface area contributed by atoms with Crippen LogP contribution in [0.5, 0.6) is 5.75 Å². The number of hydrazone groups is 1. The first-order valence-corrected chi connectivity index (χ1v) is 8.92. The number of aryl methyl sites for hydroxylation is 1. The number of phenolic OH excluding ortho intramolecular Hbond substituents is 1. The fraction of sp³-hybridized carbons (Fsp3) is 0.125. The number of carbonyl (C=O) groups is 1. The van der Waals surface area contributed by atoms with E-state index >= 15 is 0 Å². The lowest BCUT2D eigenvalue weighted by Crippen LogP contribution is -2.25. The molecule has 1 amide bonds. The zero-order valence-electron chi connectivity index (χ0n) is 12.3. The highest BCUT2D eigenvalue weighted by atomic mass is 127. The predicted octanol–water partition coefficient (Wildman–Crippen LogP) is 3.47. The highest BCUT2D eigenvalue weighted by molar-refractivity contribution is 14.1. The smallest absolute Gasteiger partial charge is 0.259 e. The zero-order chi connectivity index (χ0) is 16.8. The number of halogens is 2. The second-order valence-corrected chi connectivity index (χ2v) is 7.25. The van der Waals surface area contributed by atoms with E-state index in [1.54, 1.807) is 6.07 Å². The Morgan fingerprint density at radius 1 is 1.26 bits per heavy atom. The molecule has 0 atom stereocenters. The van der Waals surface area contributed by atoms with Crippen molar-refractivity contribution in [3.63, 3.8) is 0 Å². The van der Waals surface area contributed by atoms with E-state index in [-0.39, 0.29) is 18.2 Å². The minimum absolute atomic E-state index is 0.121. The van der Waals surface area contributed by atoms with Gasteiger partial charge in [0.2, 0.25) is 0 Å². The summed E-state index contributed by atoms with van der Waals surface area (Å²) in [4.78, 5) is 11.7. The van der Waals surface area contributed by atoms with Gasteiger partial charge >= 0.3 is 0 Å². The Hall–Kier alpha value is -1.36. The van der Waals surface area contributed by atoms with Crippen molar-refractivity contribution in [1.29, 1.82) is 0 Å². The fourth-order valence-corrected chi connectivity index (χ4v) is 3.64. The summed E-state index contributed by atoms with van der Waals surface area (Å²) in [7, 11) is 0. The summed E-state index contributed by atoms with van der Waals surface area (Å²) in [6, 6.07) is 11.4. The van der Waals surface area contributed by atoms with Gasteiger partial charge in [-0.3, -0.25) is 4.79 Å². The number of benzene rings is 2. The number of anilines is 1. The van der Waals surface area contributed by atoms with E-state index in [0.717, 1.165) is 18.4 Å². The molecule has 0 spiro atoms. The van der Waals surface area contributed by atoms with Crippen molar-refractivity contribution < 1.29 is 9.90 Å². The molecule has 3 N–H and O–H groups in total. The lowest BCUT2D eigenvalue weighted by molar-refractivity contribution is -0.119. The van der Waals surface area contributed by atoms with Crippen LogP contribution in [-0.2, 0) is 4.79 Å². The van der Waals surface area contributed by atoms with Gasteiger partial charge in [-0.1, -0.05) is 17.7 Å². The van der Waals surface area contributed by atoms with Crippen LogP contribution < -0.4 is 10.7 Å². The third-order valence-corrected chi connectivity index (χ3v) is 4.40. The highest BCUT2D eigenvalue weighted by Crippen LogP contribution is 2.25. The van der Waals surface area contributed by atoms with Crippen molar-refractivity contribution in [1.82, 2.24) is 5.43 Å². The molecular formula is C16H15I2N3O2. The van der Waals surface area contributed by atoms with Gasteiger partial charge < -0.3 is 10.4 Å². The van der Waals surface area contributed by atoms with E-state index in [0.29, 0.717) is 5.56 Å². The van der Waals surface area contributed by atoms with Crippen LogP contribution in [0.3, 0.4) is 0 Å². The summed E-state index contributed by atoms with van der Waals surface area (Å²) in [5.74, 6) is -0.108. The molecule has 0 saturated heterocycles. The van der Waals surface area contributed by atoms with Crippen LogP contribution in [0.25, 0.3) is 0 Å². The van der Waals surface area contributed by atoms with Crippen LogP contribution >= 0.6 is 45.2 Å². The lowest BCUT2D eigenvalue weighted by atomic mass is 10.2. The highest BCUT2D eigenvalue weighted by Gasteiger charge is 2.05. The molecule has 2 rings (SSSR count). The van der Waals surface area contributed by atoms with Crippen LogP contribution in [0.1, 0.15) is 11.1 Å². The Kier molecular flexibility index (Phi) is 6.63. The second-order valence-electron chi connectivity index (χ2n) is 4.84. The summed E-state index contributed by atoms with van der Waals surface area (Å²) >= 11 is 4.21. The van der Waals surface area contributed by atoms with E-state index in [4.69, 9.17) is 0 Å². The number of aromatic hydroxyl groups is 1. The summed E-state index contributed by atoms with van der Waals surface area (Å²) in [6.07, 6.45) is 1.43. The maximum Gasteiger partial charge on any atom is 0.259 e. The number of amides is 1. The number of phenols is 1. The first-order valence-electron chi connectivity index (χ1n) is 6.76. The molecule has 0 saturated carbocycles. The molecule has 23 heavy (non-hydrogen) atoms. The maximum absolute atomic E-state index is 11.7. The van der Waals surface area contributed by atoms with Gasteiger partial charge in [0.1, 0.15) is 5.75 Å². The Balaban J connectivity index is 1.88. The standard InChI is InChI=1S/C16H15I2N3O2/c1-10-2-4-13(5-3-10)19-9-15(22)21-20-8-11-6-12(17)7-14(18)16(11)23/h2-8,19,23H,9H2,1H3,(H,21,22)/b20-8-. The summed E-state index contributed by atoms with van der Waals surface area (Å²) in [5.41, 5.74) is 5.03. The first-order chi connectivity index (χ1) is 11.0. The van der Waals surface area contributed by atoms with Crippen molar-refractivity contribution >= 4 is 63.0 Å². The van der Waals surface area contributed by atoms with E-state index in [1.807, 2.05) is 59.8 Å². The van der Waals surface area contributed by atoms with E-state index < -0.39 is 0 Å². The number of rotatable bonds is 5. The van der Waals surface area contributed by atoms with Crippen molar-refractivity contribution in [2.45, 2.75) is 6.92 Å². The van der Waals surface area contributed by atoms with Crippen LogP contribution in [0, 0.1) is 14.1 Å². The summed E-state index contributed by atoms with van der Waals surface area (Å²) in [5, 5.41) is 16.8. The number of carbonyl (C=O) groups excluding carboxylic acids is 1. The number of nitrogens with one attached hydrogen (secondary N) is 2. The van der Waals surface area contributed by atoms with E-state index in [2.05, 4.69) is 38.4 Å². The van der Waals surface area contributed by atoms with Gasteiger partial charge in [-0.25, -0.2) is 5.43 Å². The number of hydrogen-bond donors (Lipinski definition) is 3. The fourth-order valence-electron chi connectivity index (χ4n) is 1.75. The topological polar surface area (TPSA) is 73.7 Å². The SMILES string of the molecule is Cc1ccc(NCC(=O)N/N=C\c2cc(I)cc(I)c2O)cc1. The molecule has 0 aliphatic heterocycles. The van der Waals surface area contributed by atoms with Gasteiger partial charge in [0.15, 0.2) is 0 Å².